The molecule has 4 rings (SSSR count). The fourth-order valence-electron chi connectivity index (χ4n) is 3.27. The largest absolute Gasteiger partial charge is 0.425 e. The first-order chi connectivity index (χ1) is 16.8. The van der Waals surface area contributed by atoms with Gasteiger partial charge in [0.1, 0.15) is 21.4 Å². The van der Waals surface area contributed by atoms with E-state index in [9.17, 15) is 9.59 Å². The molecule has 0 aliphatic rings. The van der Waals surface area contributed by atoms with Gasteiger partial charge in [-0.2, -0.15) is 0 Å². The van der Waals surface area contributed by atoms with E-state index in [4.69, 9.17) is 9.47 Å². The van der Waals surface area contributed by atoms with Crippen LogP contribution >= 0.6 is 15.9 Å². The Hall–Kier alpha value is -3.35. The predicted molar refractivity (Wildman–Crippen MR) is 142 cm³/mol. The molecule has 0 fully saturated rings. The third-order valence-corrected chi connectivity index (χ3v) is 7.58. The minimum atomic E-state index is -0.880. The zero-order valence-corrected chi connectivity index (χ0v) is 21.7. The molecule has 0 saturated heterocycles. The number of hydrogen-bond acceptors (Lipinski definition) is 4. The average Bonchev–Trinajstić information content (AvgIpc) is 2.86. The van der Waals surface area contributed by atoms with E-state index in [1.54, 1.807) is 50.2 Å². The first-order valence-corrected chi connectivity index (χ1v) is 13.0. The molecule has 176 valence electrons. The van der Waals surface area contributed by atoms with E-state index in [0.717, 1.165) is 4.90 Å². The molecule has 0 atom stereocenters. The molecule has 6 heteroatoms. The maximum Gasteiger partial charge on any atom is 0.347 e. The summed E-state index contributed by atoms with van der Waals surface area (Å²) in [5, 5.41) is 0. The van der Waals surface area contributed by atoms with E-state index in [1.807, 2.05) is 48.5 Å². The van der Waals surface area contributed by atoms with Gasteiger partial charge in [-0.1, -0.05) is 64.5 Å². The summed E-state index contributed by atoms with van der Waals surface area (Å²) in [5.74, 6) is -0.540. The molecular weight excluding hydrogens is 524 g/mol. The van der Waals surface area contributed by atoms with Gasteiger partial charge in [0.2, 0.25) is 0 Å². The maximum atomic E-state index is 12.9. The SMILES string of the molecule is CC(C)(Br)C(=O)Oc1ccccc1C(=O)Oc1ccc([S+](c2ccccc2)c2ccccc2)cc1. The van der Waals surface area contributed by atoms with Crippen LogP contribution in [-0.2, 0) is 15.7 Å². The quantitative estimate of drug-likeness (QED) is 0.107. The average molecular weight is 548 g/mol. The minimum absolute atomic E-state index is 0.154. The van der Waals surface area contributed by atoms with Gasteiger partial charge in [0.05, 0.1) is 10.9 Å². The number of carbonyl (C=O) groups is 2. The van der Waals surface area contributed by atoms with Gasteiger partial charge in [0.15, 0.2) is 14.7 Å². The molecule has 35 heavy (non-hydrogen) atoms. The van der Waals surface area contributed by atoms with Crippen molar-refractivity contribution in [3.8, 4) is 11.5 Å². The van der Waals surface area contributed by atoms with Crippen molar-refractivity contribution in [2.75, 3.05) is 0 Å². The Kier molecular flexibility index (Phi) is 7.73. The van der Waals surface area contributed by atoms with Gasteiger partial charge in [-0.15, -0.1) is 0 Å². The zero-order chi connectivity index (χ0) is 24.8. The second-order valence-corrected chi connectivity index (χ2v) is 12.2. The molecule has 4 nitrogen and oxygen atoms in total. The van der Waals surface area contributed by atoms with Crippen molar-refractivity contribution in [3.63, 3.8) is 0 Å². The van der Waals surface area contributed by atoms with Crippen LogP contribution in [0.4, 0.5) is 0 Å². The smallest absolute Gasteiger partial charge is 0.347 e. The summed E-state index contributed by atoms with van der Waals surface area (Å²) in [7, 11) is -0.293. The lowest BCUT2D eigenvalue weighted by atomic mass is 10.2. The topological polar surface area (TPSA) is 52.6 Å². The van der Waals surface area contributed by atoms with E-state index >= 15 is 0 Å². The van der Waals surface area contributed by atoms with Crippen LogP contribution in [0.3, 0.4) is 0 Å². The van der Waals surface area contributed by atoms with Crippen LogP contribution in [-0.4, -0.2) is 16.3 Å². The summed E-state index contributed by atoms with van der Waals surface area (Å²) >= 11 is 3.28. The van der Waals surface area contributed by atoms with Gasteiger partial charge >= 0.3 is 11.9 Å². The fraction of sp³-hybridized carbons (Fsp3) is 0.103. The molecule has 0 N–H and O–H groups in total. The Morgan fingerprint density at radius 1 is 0.657 bits per heavy atom. The third-order valence-electron chi connectivity index (χ3n) is 5.02. The molecule has 0 heterocycles. The maximum absolute atomic E-state index is 12.9. The van der Waals surface area contributed by atoms with Crippen LogP contribution in [0.1, 0.15) is 24.2 Å². The number of para-hydroxylation sites is 1. The van der Waals surface area contributed by atoms with Crippen molar-refractivity contribution in [2.45, 2.75) is 32.9 Å². The van der Waals surface area contributed by atoms with Crippen molar-refractivity contribution >= 4 is 38.8 Å². The van der Waals surface area contributed by atoms with Crippen LogP contribution in [0, 0.1) is 0 Å². The Morgan fingerprint density at radius 2 is 1.14 bits per heavy atom. The fourth-order valence-corrected chi connectivity index (χ4v) is 5.44. The Bertz CT molecular complexity index is 1260. The van der Waals surface area contributed by atoms with E-state index < -0.39 is 16.3 Å². The molecule has 0 aliphatic heterocycles. The highest BCUT2D eigenvalue weighted by molar-refractivity contribution is 9.10. The number of carbonyl (C=O) groups excluding carboxylic acids is 2. The summed E-state index contributed by atoms with van der Waals surface area (Å²) in [5.41, 5.74) is 0.176. The van der Waals surface area contributed by atoms with Crippen LogP contribution in [0.5, 0.6) is 11.5 Å². The lowest BCUT2D eigenvalue weighted by Crippen LogP contribution is -2.29. The van der Waals surface area contributed by atoms with Crippen LogP contribution in [0.2, 0.25) is 0 Å². The highest BCUT2D eigenvalue weighted by Gasteiger charge is 2.29. The first kappa shape index (κ1) is 24.8. The molecule has 0 bridgehead atoms. The normalized spacial score (nSPS) is 11.2. The second-order valence-electron chi connectivity index (χ2n) is 8.15. The second kappa shape index (κ2) is 10.9. The molecule has 0 amide bonds. The monoisotopic (exact) mass is 547 g/mol. The Balaban J connectivity index is 1.56. The van der Waals surface area contributed by atoms with Crippen molar-refractivity contribution < 1.29 is 19.1 Å². The van der Waals surface area contributed by atoms with E-state index in [1.165, 1.54) is 9.79 Å². The number of rotatable bonds is 7. The molecule has 4 aromatic carbocycles. The lowest BCUT2D eigenvalue weighted by molar-refractivity contribution is -0.136. The van der Waals surface area contributed by atoms with Crippen molar-refractivity contribution in [2.24, 2.45) is 0 Å². The van der Waals surface area contributed by atoms with Gasteiger partial charge in [0, 0.05) is 0 Å². The molecule has 0 radical (unpaired) electrons. The molecule has 0 saturated carbocycles. The predicted octanol–water partition coefficient (Wildman–Crippen LogP) is 7.08. The van der Waals surface area contributed by atoms with Crippen molar-refractivity contribution in [1.82, 2.24) is 0 Å². The highest BCUT2D eigenvalue weighted by atomic mass is 79.9. The summed E-state index contributed by atoms with van der Waals surface area (Å²) in [4.78, 5) is 28.7. The van der Waals surface area contributed by atoms with Crippen LogP contribution in [0.25, 0.3) is 0 Å². The molecule has 0 aromatic heterocycles. The number of halogens is 1. The molecule has 0 unspecified atom stereocenters. The highest BCUT2D eigenvalue weighted by Crippen LogP contribution is 2.32. The third kappa shape index (κ3) is 6.21. The number of benzene rings is 4. The Morgan fingerprint density at radius 3 is 1.69 bits per heavy atom. The molecule has 0 aliphatic carbocycles. The summed E-state index contributed by atoms with van der Waals surface area (Å²) in [6.45, 7) is 3.35. The minimum Gasteiger partial charge on any atom is -0.425 e. The lowest BCUT2D eigenvalue weighted by Gasteiger charge is -2.16. The summed E-state index contributed by atoms with van der Waals surface area (Å²) in [6.07, 6.45) is 0. The van der Waals surface area contributed by atoms with E-state index in [0.29, 0.717) is 5.75 Å². The van der Waals surface area contributed by atoms with Crippen molar-refractivity contribution in [1.29, 1.82) is 0 Å². The van der Waals surface area contributed by atoms with Gasteiger partial charge in [-0.05, 0) is 74.5 Å². The first-order valence-electron chi connectivity index (χ1n) is 11.0. The summed E-state index contributed by atoms with van der Waals surface area (Å²) < 4.78 is 10.2. The van der Waals surface area contributed by atoms with Crippen molar-refractivity contribution in [3.05, 3.63) is 115 Å². The number of esters is 2. The number of hydrogen-bond donors (Lipinski definition) is 0. The number of alkyl halides is 1. The summed E-state index contributed by atoms with van der Waals surface area (Å²) in [6, 6.07) is 34.7. The van der Waals surface area contributed by atoms with Gasteiger partial charge in [-0.25, -0.2) is 4.79 Å². The molecule has 4 aromatic rings. The van der Waals surface area contributed by atoms with Gasteiger partial charge < -0.3 is 9.47 Å². The van der Waals surface area contributed by atoms with Gasteiger partial charge in [0.25, 0.3) is 0 Å². The molecular formula is C29H24BrO4S+. The zero-order valence-electron chi connectivity index (χ0n) is 19.3. The van der Waals surface area contributed by atoms with Crippen LogP contribution < -0.4 is 9.47 Å². The van der Waals surface area contributed by atoms with E-state index in [-0.39, 0.29) is 22.2 Å². The Labute approximate surface area is 216 Å². The molecule has 0 spiro atoms. The standard InChI is InChI=1S/C29H24BrO4S/c1-29(2,30)28(32)34-26-16-10-9-15-25(26)27(31)33-21-17-19-24(20-18-21)35(22-11-5-3-6-12-22)23-13-7-4-8-14-23/h3-20H,1-2H3/q+1. The number of ether oxygens (including phenoxy) is 2. The van der Waals surface area contributed by atoms with E-state index in [2.05, 4.69) is 40.2 Å². The van der Waals surface area contributed by atoms with Gasteiger partial charge in [-0.3, -0.25) is 4.79 Å². The van der Waals surface area contributed by atoms with Crippen LogP contribution in [0.15, 0.2) is 124 Å².